The Morgan fingerprint density at radius 2 is 1.52 bits per heavy atom. The summed E-state index contributed by atoms with van der Waals surface area (Å²) in [5.74, 6) is -0.130. The molecule has 0 radical (unpaired) electrons. The molecule has 3 rings (SSSR count). The summed E-state index contributed by atoms with van der Waals surface area (Å²) >= 11 is 25.1. The van der Waals surface area contributed by atoms with E-state index >= 15 is 0 Å². The van der Waals surface area contributed by atoms with Crippen LogP contribution in [0.2, 0.25) is 20.1 Å². The van der Waals surface area contributed by atoms with Crippen LogP contribution < -0.4 is 5.32 Å². The Kier molecular flexibility index (Phi) is 7.49. The molecule has 3 aromatic rings. The molecule has 0 fully saturated rings. The second kappa shape index (κ2) is 9.88. The fraction of sp³-hybridized carbons (Fsp3) is 0.0476. The predicted molar refractivity (Wildman–Crippen MR) is 122 cm³/mol. The second-order valence-electron chi connectivity index (χ2n) is 5.94. The van der Waals surface area contributed by atoms with Gasteiger partial charge in [-0.3, -0.25) is 9.59 Å². The third-order valence-electron chi connectivity index (χ3n) is 3.90. The molecule has 0 aromatic heterocycles. The number of nitrogens with one attached hydrogen (secondary N) is 1. The summed E-state index contributed by atoms with van der Waals surface area (Å²) in [5, 5.41) is 4.28. The molecule has 3 aromatic carbocycles. The highest BCUT2D eigenvalue weighted by Gasteiger charge is 2.12. The number of thioether (sulfide) groups is 1. The average Bonchev–Trinajstić information content (AvgIpc) is 2.69. The molecule has 0 aliphatic heterocycles. The summed E-state index contributed by atoms with van der Waals surface area (Å²) in [6.07, 6.45) is 0. The highest BCUT2D eigenvalue weighted by atomic mass is 35.5. The second-order valence-corrected chi connectivity index (χ2v) is 8.65. The molecule has 0 saturated heterocycles. The van der Waals surface area contributed by atoms with E-state index in [-0.39, 0.29) is 22.5 Å². The van der Waals surface area contributed by atoms with Gasteiger partial charge in [-0.05, 0) is 60.7 Å². The molecule has 1 amide bonds. The summed E-state index contributed by atoms with van der Waals surface area (Å²) in [4.78, 5) is 25.5. The number of amides is 1. The quantitative estimate of drug-likeness (QED) is 0.290. The van der Waals surface area contributed by atoms with Gasteiger partial charge >= 0.3 is 0 Å². The van der Waals surface area contributed by atoms with Crippen molar-refractivity contribution in [3.63, 3.8) is 0 Å². The molecule has 1 N–H and O–H groups in total. The van der Waals surface area contributed by atoms with E-state index in [1.165, 1.54) is 17.8 Å². The maximum absolute atomic E-state index is 12.3. The van der Waals surface area contributed by atoms with E-state index in [0.29, 0.717) is 31.9 Å². The monoisotopic (exact) mass is 483 g/mol. The van der Waals surface area contributed by atoms with Crippen LogP contribution in [0.4, 0.5) is 5.69 Å². The maximum atomic E-state index is 12.3. The number of Topliss-reactive ketones (excluding diaryl/α,β-unsaturated/α-hetero) is 1. The van der Waals surface area contributed by atoms with Crippen molar-refractivity contribution in [1.29, 1.82) is 0 Å². The van der Waals surface area contributed by atoms with Gasteiger partial charge in [-0.2, -0.15) is 0 Å². The van der Waals surface area contributed by atoms with E-state index in [0.717, 1.165) is 4.90 Å². The molecule has 0 atom stereocenters. The largest absolute Gasteiger partial charge is 0.322 e. The molecule has 8 heteroatoms. The van der Waals surface area contributed by atoms with Crippen LogP contribution in [0.25, 0.3) is 0 Å². The lowest BCUT2D eigenvalue weighted by molar-refractivity contribution is 0.101. The first-order valence-electron chi connectivity index (χ1n) is 8.31. The van der Waals surface area contributed by atoms with E-state index in [2.05, 4.69) is 5.32 Å². The number of rotatable bonds is 6. The summed E-state index contributed by atoms with van der Waals surface area (Å²) in [6.45, 7) is 0. The van der Waals surface area contributed by atoms with Crippen molar-refractivity contribution in [3.05, 3.63) is 91.9 Å². The summed E-state index contributed by atoms with van der Waals surface area (Å²) in [6, 6.07) is 16.7. The molecule has 0 saturated carbocycles. The fourth-order valence-electron chi connectivity index (χ4n) is 2.41. The van der Waals surface area contributed by atoms with Crippen molar-refractivity contribution in [3.8, 4) is 0 Å². The molecule has 0 aliphatic carbocycles. The number of halogens is 4. The third-order valence-corrected chi connectivity index (χ3v) is 6.20. The molecule has 0 aliphatic rings. The van der Waals surface area contributed by atoms with E-state index < -0.39 is 0 Å². The molecule has 0 unspecified atom stereocenters. The zero-order valence-corrected chi connectivity index (χ0v) is 18.6. The van der Waals surface area contributed by atoms with Crippen molar-refractivity contribution in [1.82, 2.24) is 0 Å². The van der Waals surface area contributed by atoms with Crippen LogP contribution in [-0.2, 0) is 0 Å². The number of anilines is 1. The van der Waals surface area contributed by atoms with Crippen LogP contribution in [0.1, 0.15) is 20.7 Å². The number of carbonyl (C=O) groups is 2. The Balaban J connectivity index is 1.59. The zero-order chi connectivity index (χ0) is 21.0. The Hall–Kier alpha value is -1.69. The van der Waals surface area contributed by atoms with Gasteiger partial charge in [0, 0.05) is 21.2 Å². The summed E-state index contributed by atoms with van der Waals surface area (Å²) < 4.78 is 0. The minimum absolute atomic E-state index is 0.0525. The van der Waals surface area contributed by atoms with Crippen LogP contribution in [0, 0.1) is 0 Å². The number of carbonyl (C=O) groups excluding carboxylic acids is 2. The molecule has 0 bridgehead atoms. The molecule has 148 valence electrons. The highest BCUT2D eigenvalue weighted by Crippen LogP contribution is 2.26. The predicted octanol–water partition coefficient (Wildman–Crippen LogP) is 7.53. The third kappa shape index (κ3) is 5.91. The number of hydrogen-bond donors (Lipinski definition) is 1. The molecule has 0 heterocycles. The molecular weight excluding hydrogens is 472 g/mol. The minimum Gasteiger partial charge on any atom is -0.322 e. The SMILES string of the molecule is O=C(CSc1ccc(NC(=O)c2ccc(Cl)cc2Cl)cc1)c1ccc(Cl)c(Cl)c1. The highest BCUT2D eigenvalue weighted by molar-refractivity contribution is 8.00. The van der Waals surface area contributed by atoms with E-state index in [1.54, 1.807) is 42.5 Å². The van der Waals surface area contributed by atoms with Crippen molar-refractivity contribution in [2.24, 2.45) is 0 Å². The van der Waals surface area contributed by atoms with Gasteiger partial charge < -0.3 is 5.32 Å². The first-order valence-corrected chi connectivity index (χ1v) is 10.8. The van der Waals surface area contributed by atoms with Crippen LogP contribution in [0.15, 0.2) is 65.6 Å². The molecular formula is C21H13Cl4NO2S. The Labute approximate surface area is 192 Å². The molecule has 0 spiro atoms. The summed E-state index contributed by atoms with van der Waals surface area (Å²) in [7, 11) is 0. The first kappa shape index (κ1) is 22.0. The smallest absolute Gasteiger partial charge is 0.257 e. The van der Waals surface area contributed by atoms with Gasteiger partial charge in [0.2, 0.25) is 0 Å². The normalized spacial score (nSPS) is 10.6. The average molecular weight is 485 g/mol. The molecule has 29 heavy (non-hydrogen) atoms. The van der Waals surface area contributed by atoms with Crippen molar-refractivity contribution >= 4 is 75.5 Å². The fourth-order valence-corrected chi connectivity index (χ4v) is 3.99. The Morgan fingerprint density at radius 3 is 2.17 bits per heavy atom. The number of benzene rings is 3. The van der Waals surface area contributed by atoms with Gasteiger partial charge in [-0.15, -0.1) is 11.8 Å². The topological polar surface area (TPSA) is 46.2 Å². The lowest BCUT2D eigenvalue weighted by atomic mass is 10.1. The molecule has 3 nitrogen and oxygen atoms in total. The van der Waals surface area contributed by atoms with E-state index in [4.69, 9.17) is 46.4 Å². The van der Waals surface area contributed by atoms with Gasteiger partial charge in [-0.25, -0.2) is 0 Å². The van der Waals surface area contributed by atoms with Crippen molar-refractivity contribution in [2.45, 2.75) is 4.90 Å². The van der Waals surface area contributed by atoms with Gasteiger partial charge in [0.1, 0.15) is 0 Å². The lowest BCUT2D eigenvalue weighted by Gasteiger charge is -2.08. The standard InChI is InChI=1S/C21H13Cl4NO2S/c22-13-2-7-16(18(24)10-13)21(28)26-14-3-5-15(6-4-14)29-11-20(27)12-1-8-17(23)19(25)9-12/h1-10H,11H2,(H,26,28). The Bertz CT molecular complexity index is 1070. The van der Waals surface area contributed by atoms with Gasteiger partial charge in [-0.1, -0.05) is 46.4 Å². The van der Waals surface area contributed by atoms with Gasteiger partial charge in [0.15, 0.2) is 5.78 Å². The lowest BCUT2D eigenvalue weighted by Crippen LogP contribution is -2.12. The maximum Gasteiger partial charge on any atom is 0.257 e. The number of hydrogen-bond acceptors (Lipinski definition) is 3. The van der Waals surface area contributed by atoms with Crippen molar-refractivity contribution < 1.29 is 9.59 Å². The van der Waals surface area contributed by atoms with Crippen LogP contribution in [0.5, 0.6) is 0 Å². The van der Waals surface area contributed by atoms with E-state index in [1.807, 2.05) is 12.1 Å². The number of ketones is 1. The first-order chi connectivity index (χ1) is 13.8. The van der Waals surface area contributed by atoms with Crippen LogP contribution >= 0.6 is 58.2 Å². The Morgan fingerprint density at radius 1 is 0.793 bits per heavy atom. The summed E-state index contributed by atoms with van der Waals surface area (Å²) in [5.41, 5.74) is 1.46. The van der Waals surface area contributed by atoms with Gasteiger partial charge in [0.25, 0.3) is 5.91 Å². The minimum atomic E-state index is -0.332. The van der Waals surface area contributed by atoms with Crippen LogP contribution in [-0.4, -0.2) is 17.4 Å². The van der Waals surface area contributed by atoms with Gasteiger partial charge in [0.05, 0.1) is 26.4 Å². The van der Waals surface area contributed by atoms with E-state index in [9.17, 15) is 9.59 Å². The zero-order valence-electron chi connectivity index (χ0n) is 14.7. The van der Waals surface area contributed by atoms with Crippen molar-refractivity contribution in [2.75, 3.05) is 11.1 Å². The van der Waals surface area contributed by atoms with Crippen LogP contribution in [0.3, 0.4) is 0 Å².